The first-order valence-corrected chi connectivity index (χ1v) is 11.1. The summed E-state index contributed by atoms with van der Waals surface area (Å²) in [7, 11) is -3.95. The van der Waals surface area contributed by atoms with Crippen molar-refractivity contribution >= 4 is 89.8 Å². The van der Waals surface area contributed by atoms with Crippen molar-refractivity contribution in [2.45, 2.75) is 11.8 Å². The van der Waals surface area contributed by atoms with Crippen LogP contribution in [0.4, 0.5) is 0 Å². The lowest BCUT2D eigenvalue weighted by Crippen LogP contribution is -2.12. The fraction of sp³-hybridized carbons (Fsp3) is 0.0769. The van der Waals surface area contributed by atoms with Crippen LogP contribution in [-0.4, -0.2) is 8.42 Å². The standard InChI is InChI=1S/C13H7Br5O3S/c1-6-4-2-3-5-7(6)22(19,20)21-13-11(17)9(15)8(14)10(16)12(13)18/h2-5H,1H3. The Labute approximate surface area is 170 Å². The van der Waals surface area contributed by atoms with Gasteiger partial charge in [0.2, 0.25) is 0 Å². The van der Waals surface area contributed by atoms with Crippen LogP contribution in [0.3, 0.4) is 0 Å². The summed E-state index contributed by atoms with van der Waals surface area (Å²) in [5.41, 5.74) is 0.616. The highest BCUT2D eigenvalue weighted by Gasteiger charge is 2.25. The molecule has 0 amide bonds. The first kappa shape index (κ1) is 18.9. The van der Waals surface area contributed by atoms with Crippen molar-refractivity contribution < 1.29 is 12.6 Å². The molecule has 0 aliphatic rings. The number of hydrogen-bond donors (Lipinski definition) is 0. The van der Waals surface area contributed by atoms with Crippen molar-refractivity contribution in [2.24, 2.45) is 0 Å². The molecule has 0 aliphatic heterocycles. The van der Waals surface area contributed by atoms with Gasteiger partial charge in [-0.25, -0.2) is 0 Å². The number of rotatable bonds is 3. The Balaban J connectivity index is 2.59. The molecule has 22 heavy (non-hydrogen) atoms. The van der Waals surface area contributed by atoms with Gasteiger partial charge >= 0.3 is 10.1 Å². The lowest BCUT2D eigenvalue weighted by atomic mass is 10.2. The second kappa shape index (κ2) is 7.23. The first-order valence-electron chi connectivity index (χ1n) is 5.68. The molecular weight excluding hydrogens is 636 g/mol. The Hall–Kier alpha value is 0.590. The van der Waals surface area contributed by atoms with Gasteiger partial charge in [0.05, 0.1) is 17.9 Å². The van der Waals surface area contributed by atoms with Gasteiger partial charge in [0.25, 0.3) is 0 Å². The Bertz CT molecular complexity index is 820. The maximum absolute atomic E-state index is 12.5. The van der Waals surface area contributed by atoms with E-state index < -0.39 is 10.1 Å². The number of benzene rings is 2. The normalized spacial score (nSPS) is 11.5. The Morgan fingerprint density at radius 3 is 1.77 bits per heavy atom. The highest BCUT2D eigenvalue weighted by atomic mass is 79.9. The Morgan fingerprint density at radius 2 is 1.27 bits per heavy atom. The van der Waals surface area contributed by atoms with E-state index in [-0.39, 0.29) is 10.6 Å². The van der Waals surface area contributed by atoms with Gasteiger partial charge in [0, 0.05) is 4.47 Å². The van der Waals surface area contributed by atoms with Crippen LogP contribution in [0.2, 0.25) is 0 Å². The van der Waals surface area contributed by atoms with Gasteiger partial charge in [-0.05, 0) is 98.2 Å². The lowest BCUT2D eigenvalue weighted by molar-refractivity contribution is 0.482. The Morgan fingerprint density at radius 1 is 0.818 bits per heavy atom. The highest BCUT2D eigenvalue weighted by molar-refractivity contribution is 9.15. The van der Waals surface area contributed by atoms with Crippen LogP contribution >= 0.6 is 79.6 Å². The summed E-state index contributed by atoms with van der Waals surface area (Å²) in [5.74, 6) is 0.158. The third kappa shape index (κ3) is 3.64. The molecule has 0 aliphatic carbocycles. The van der Waals surface area contributed by atoms with Crippen LogP contribution in [0.5, 0.6) is 5.75 Å². The third-order valence-electron chi connectivity index (χ3n) is 2.73. The average molecular weight is 643 g/mol. The number of halogens is 5. The van der Waals surface area contributed by atoms with Gasteiger partial charge in [-0.3, -0.25) is 0 Å². The van der Waals surface area contributed by atoms with E-state index >= 15 is 0 Å². The molecule has 2 aromatic rings. The second-order valence-electron chi connectivity index (χ2n) is 4.20. The van der Waals surface area contributed by atoms with Crippen LogP contribution in [0.1, 0.15) is 5.56 Å². The van der Waals surface area contributed by atoms with Crippen LogP contribution in [0.15, 0.2) is 51.5 Å². The zero-order chi connectivity index (χ0) is 16.7. The van der Waals surface area contributed by atoms with Crippen molar-refractivity contribution in [2.75, 3.05) is 0 Å². The number of aryl methyl sites for hydroxylation is 1. The van der Waals surface area contributed by atoms with E-state index in [2.05, 4.69) is 79.6 Å². The summed E-state index contributed by atoms with van der Waals surface area (Å²) in [4.78, 5) is 0.129. The molecule has 118 valence electrons. The average Bonchev–Trinajstić information content (AvgIpc) is 2.48. The minimum atomic E-state index is -3.95. The fourth-order valence-electron chi connectivity index (χ4n) is 1.65. The van der Waals surface area contributed by atoms with Gasteiger partial charge in [0.1, 0.15) is 4.90 Å². The van der Waals surface area contributed by atoms with E-state index in [1.165, 1.54) is 6.07 Å². The van der Waals surface area contributed by atoms with Crippen molar-refractivity contribution in [3.8, 4) is 5.75 Å². The molecule has 0 bridgehead atoms. The van der Waals surface area contributed by atoms with E-state index in [0.29, 0.717) is 23.5 Å². The molecule has 0 unspecified atom stereocenters. The molecule has 0 fully saturated rings. The maximum atomic E-state index is 12.5. The fourth-order valence-corrected chi connectivity index (χ4v) is 6.22. The molecule has 0 heterocycles. The van der Waals surface area contributed by atoms with Gasteiger partial charge in [0.15, 0.2) is 5.75 Å². The van der Waals surface area contributed by atoms with Crippen LogP contribution in [-0.2, 0) is 10.1 Å². The predicted molar refractivity (Wildman–Crippen MR) is 104 cm³/mol. The molecule has 3 nitrogen and oxygen atoms in total. The molecule has 2 aromatic carbocycles. The molecule has 9 heteroatoms. The lowest BCUT2D eigenvalue weighted by Gasteiger charge is -2.15. The summed E-state index contributed by atoms with van der Waals surface area (Å²) < 4.78 is 33.4. The molecule has 0 atom stereocenters. The van der Waals surface area contributed by atoms with Crippen LogP contribution < -0.4 is 4.18 Å². The van der Waals surface area contributed by atoms with Crippen molar-refractivity contribution in [1.29, 1.82) is 0 Å². The minimum Gasteiger partial charge on any atom is -0.376 e. The summed E-state index contributed by atoms with van der Waals surface area (Å²) in [6, 6.07) is 6.65. The molecule has 0 spiro atoms. The van der Waals surface area contributed by atoms with E-state index in [1.54, 1.807) is 25.1 Å². The molecular formula is C13H7Br5O3S. The summed E-state index contributed by atoms with van der Waals surface area (Å²) >= 11 is 16.8. The topological polar surface area (TPSA) is 43.4 Å². The second-order valence-corrected chi connectivity index (χ2v) is 9.68. The predicted octanol–water partition coefficient (Wildman–Crippen LogP) is 6.58. The van der Waals surface area contributed by atoms with E-state index in [4.69, 9.17) is 4.18 Å². The highest BCUT2D eigenvalue weighted by Crippen LogP contribution is 2.49. The molecule has 0 aromatic heterocycles. The smallest absolute Gasteiger partial charge is 0.339 e. The quantitative estimate of drug-likeness (QED) is 0.216. The summed E-state index contributed by atoms with van der Waals surface area (Å²) in [6.45, 7) is 1.72. The van der Waals surface area contributed by atoms with Gasteiger partial charge in [-0.2, -0.15) is 8.42 Å². The van der Waals surface area contributed by atoms with Crippen molar-refractivity contribution in [3.05, 3.63) is 52.2 Å². The first-order chi connectivity index (χ1) is 10.2. The molecule has 0 saturated heterocycles. The van der Waals surface area contributed by atoms with Gasteiger partial charge in [-0.15, -0.1) is 0 Å². The zero-order valence-corrected chi connectivity index (χ0v) is 19.6. The number of hydrogen-bond acceptors (Lipinski definition) is 3. The maximum Gasteiger partial charge on any atom is 0.339 e. The van der Waals surface area contributed by atoms with Crippen molar-refractivity contribution in [3.63, 3.8) is 0 Å². The molecule has 2 rings (SSSR count). The van der Waals surface area contributed by atoms with E-state index in [9.17, 15) is 8.42 Å². The monoisotopic (exact) mass is 638 g/mol. The largest absolute Gasteiger partial charge is 0.376 e. The zero-order valence-electron chi connectivity index (χ0n) is 10.8. The Kier molecular flexibility index (Phi) is 6.22. The van der Waals surface area contributed by atoms with Crippen molar-refractivity contribution in [1.82, 2.24) is 0 Å². The summed E-state index contributed by atoms with van der Waals surface area (Å²) in [5, 5.41) is 0. The summed E-state index contributed by atoms with van der Waals surface area (Å²) in [6.07, 6.45) is 0. The van der Waals surface area contributed by atoms with Crippen LogP contribution in [0, 0.1) is 6.92 Å². The van der Waals surface area contributed by atoms with Gasteiger partial charge < -0.3 is 4.18 Å². The van der Waals surface area contributed by atoms with Gasteiger partial charge in [-0.1, -0.05) is 18.2 Å². The molecule has 0 saturated carbocycles. The molecule has 0 radical (unpaired) electrons. The SMILES string of the molecule is Cc1ccccc1S(=O)(=O)Oc1c(Br)c(Br)c(Br)c(Br)c1Br. The third-order valence-corrected chi connectivity index (χ3v) is 10.1. The molecule has 0 N–H and O–H groups in total. The van der Waals surface area contributed by atoms with E-state index in [1.807, 2.05) is 0 Å². The minimum absolute atomic E-state index is 0.129. The van der Waals surface area contributed by atoms with E-state index in [0.717, 1.165) is 4.47 Å². The van der Waals surface area contributed by atoms with Crippen LogP contribution in [0.25, 0.3) is 0 Å².